The van der Waals surface area contributed by atoms with Crippen molar-refractivity contribution in [1.82, 2.24) is 0 Å². The van der Waals surface area contributed by atoms with E-state index < -0.39 is 18.0 Å². The number of thiophene rings is 1. The summed E-state index contributed by atoms with van der Waals surface area (Å²) < 4.78 is 4.63. The first kappa shape index (κ1) is 9.73. The fraction of sp³-hybridized carbons (Fsp3) is 0.250. The zero-order chi connectivity index (χ0) is 9.84. The minimum atomic E-state index is -1.17. The van der Waals surface area contributed by atoms with Crippen LogP contribution in [0.5, 0.6) is 0 Å². The predicted octanol–water partition coefficient (Wildman–Crippen LogP) is 1.44. The van der Waals surface area contributed by atoms with Gasteiger partial charge in [-0.15, -0.1) is 11.3 Å². The van der Waals surface area contributed by atoms with Crippen LogP contribution in [0.3, 0.4) is 0 Å². The number of carbonyl (C=O) groups excluding carboxylic acids is 1. The summed E-state index contributed by atoms with van der Waals surface area (Å²) in [6.45, 7) is 1.18. The van der Waals surface area contributed by atoms with Gasteiger partial charge >= 0.3 is 11.9 Å². The van der Waals surface area contributed by atoms with E-state index in [-0.39, 0.29) is 0 Å². The van der Waals surface area contributed by atoms with Gasteiger partial charge in [0.05, 0.1) is 4.88 Å². The summed E-state index contributed by atoms with van der Waals surface area (Å²) in [5, 5.41) is 10.5. The van der Waals surface area contributed by atoms with Crippen molar-refractivity contribution in [3.63, 3.8) is 0 Å². The molecule has 0 amide bonds. The van der Waals surface area contributed by atoms with Crippen LogP contribution in [-0.4, -0.2) is 17.0 Å². The Morgan fingerprint density at radius 1 is 1.62 bits per heavy atom. The molecular weight excluding hydrogens is 192 g/mol. The van der Waals surface area contributed by atoms with Crippen LogP contribution in [0, 0.1) is 0 Å². The third kappa shape index (κ3) is 2.55. The highest BCUT2D eigenvalue weighted by molar-refractivity contribution is 7.10. The third-order valence-corrected chi connectivity index (χ3v) is 2.23. The molecule has 1 rings (SSSR count). The quantitative estimate of drug-likeness (QED) is 0.750. The fourth-order valence-corrected chi connectivity index (χ4v) is 1.58. The van der Waals surface area contributed by atoms with Crippen LogP contribution in [-0.2, 0) is 14.3 Å². The minimum Gasteiger partial charge on any atom is -0.478 e. The van der Waals surface area contributed by atoms with E-state index in [0.29, 0.717) is 4.88 Å². The van der Waals surface area contributed by atoms with E-state index >= 15 is 0 Å². The monoisotopic (exact) mass is 200 g/mol. The molecule has 1 unspecified atom stereocenters. The Labute approximate surface area is 78.8 Å². The zero-order valence-corrected chi connectivity index (χ0v) is 7.71. The molecule has 0 aliphatic heterocycles. The Hall–Kier alpha value is -1.36. The number of aliphatic carboxylic acids is 1. The van der Waals surface area contributed by atoms with E-state index in [4.69, 9.17) is 5.11 Å². The highest BCUT2D eigenvalue weighted by atomic mass is 32.1. The molecule has 1 aromatic rings. The van der Waals surface area contributed by atoms with Crippen LogP contribution in [0.25, 0.3) is 0 Å². The van der Waals surface area contributed by atoms with Crippen molar-refractivity contribution in [2.24, 2.45) is 0 Å². The van der Waals surface area contributed by atoms with Crippen LogP contribution in [0.1, 0.15) is 17.9 Å². The first-order valence-electron chi connectivity index (χ1n) is 3.54. The number of hydrogen-bond donors (Lipinski definition) is 1. The molecule has 0 spiro atoms. The van der Waals surface area contributed by atoms with Gasteiger partial charge in [-0.05, 0) is 11.4 Å². The lowest BCUT2D eigenvalue weighted by Gasteiger charge is -2.09. The average Bonchev–Trinajstić information content (AvgIpc) is 2.50. The largest absolute Gasteiger partial charge is 0.478 e. The molecule has 5 heteroatoms. The second-order valence-electron chi connectivity index (χ2n) is 2.34. The average molecular weight is 200 g/mol. The number of ether oxygens (including phenoxy) is 1. The van der Waals surface area contributed by atoms with Crippen LogP contribution < -0.4 is 0 Å². The smallest absolute Gasteiger partial charge is 0.350 e. The molecule has 0 fully saturated rings. The summed E-state index contributed by atoms with van der Waals surface area (Å²) in [6, 6.07) is 3.33. The van der Waals surface area contributed by atoms with Gasteiger partial charge in [0.15, 0.2) is 0 Å². The molecule has 13 heavy (non-hydrogen) atoms. The van der Waals surface area contributed by atoms with Gasteiger partial charge in [0.1, 0.15) is 0 Å². The van der Waals surface area contributed by atoms with E-state index in [1.54, 1.807) is 17.5 Å². The third-order valence-electron chi connectivity index (χ3n) is 1.31. The van der Waals surface area contributed by atoms with E-state index in [2.05, 4.69) is 4.74 Å². The molecule has 0 saturated heterocycles. The number of carbonyl (C=O) groups is 2. The molecule has 1 aromatic heterocycles. The maximum Gasteiger partial charge on any atom is 0.350 e. The molecule has 1 atom stereocenters. The van der Waals surface area contributed by atoms with Crippen molar-refractivity contribution < 1.29 is 19.4 Å². The molecule has 4 nitrogen and oxygen atoms in total. The van der Waals surface area contributed by atoms with Gasteiger partial charge in [0.25, 0.3) is 0 Å². The molecule has 1 N–H and O–H groups in total. The first-order chi connectivity index (χ1) is 6.11. The summed E-state index contributed by atoms with van der Waals surface area (Å²) >= 11 is 1.24. The van der Waals surface area contributed by atoms with Crippen molar-refractivity contribution in [2.45, 2.75) is 13.0 Å². The molecule has 0 aliphatic rings. The molecule has 70 valence electrons. The maximum absolute atomic E-state index is 10.7. The Morgan fingerprint density at radius 2 is 2.31 bits per heavy atom. The van der Waals surface area contributed by atoms with E-state index in [1.807, 2.05) is 0 Å². The van der Waals surface area contributed by atoms with Crippen molar-refractivity contribution in [3.8, 4) is 0 Å². The van der Waals surface area contributed by atoms with Crippen molar-refractivity contribution in [3.05, 3.63) is 22.4 Å². The highest BCUT2D eigenvalue weighted by Gasteiger charge is 2.23. The number of hydrogen-bond acceptors (Lipinski definition) is 4. The molecule has 0 radical (unpaired) electrons. The second kappa shape index (κ2) is 4.04. The number of carboxylic acids is 1. The Balaban J connectivity index is 2.81. The highest BCUT2D eigenvalue weighted by Crippen LogP contribution is 2.22. The normalized spacial score (nSPS) is 12.1. The summed E-state index contributed by atoms with van der Waals surface area (Å²) in [7, 11) is 0. The molecule has 0 saturated carbocycles. The Morgan fingerprint density at radius 3 is 2.69 bits per heavy atom. The SMILES string of the molecule is CC(=O)OC(C(=O)O)c1cccs1. The van der Waals surface area contributed by atoms with Gasteiger partial charge in [-0.1, -0.05) is 6.07 Å². The number of rotatable bonds is 3. The van der Waals surface area contributed by atoms with Crippen molar-refractivity contribution in [1.29, 1.82) is 0 Å². The van der Waals surface area contributed by atoms with Gasteiger partial charge in [-0.3, -0.25) is 4.79 Å². The summed E-state index contributed by atoms with van der Waals surface area (Å²) in [4.78, 5) is 21.8. The van der Waals surface area contributed by atoms with E-state index in [1.165, 1.54) is 18.3 Å². The first-order valence-corrected chi connectivity index (χ1v) is 4.42. The lowest BCUT2D eigenvalue weighted by molar-refractivity contribution is -0.162. The van der Waals surface area contributed by atoms with Crippen LogP contribution in [0.15, 0.2) is 17.5 Å². The molecule has 0 aliphatic carbocycles. The van der Waals surface area contributed by atoms with Gasteiger partial charge in [0.2, 0.25) is 6.10 Å². The molecule has 0 aromatic carbocycles. The summed E-state index contributed by atoms with van der Waals surface area (Å²) in [5.41, 5.74) is 0. The number of carboxylic acid groups (broad SMARTS) is 1. The van der Waals surface area contributed by atoms with Crippen molar-refractivity contribution in [2.75, 3.05) is 0 Å². The minimum absolute atomic E-state index is 0.516. The van der Waals surface area contributed by atoms with E-state index in [0.717, 1.165) is 0 Å². The van der Waals surface area contributed by atoms with Gasteiger partial charge in [-0.25, -0.2) is 4.79 Å². The topological polar surface area (TPSA) is 63.6 Å². The standard InChI is InChI=1S/C8H8O4S/c1-5(9)12-7(8(10)11)6-3-2-4-13-6/h2-4,7H,1H3,(H,10,11). The van der Waals surface area contributed by atoms with Crippen molar-refractivity contribution >= 4 is 23.3 Å². The fourth-order valence-electron chi connectivity index (χ4n) is 0.837. The van der Waals surface area contributed by atoms with Gasteiger partial charge in [-0.2, -0.15) is 0 Å². The lowest BCUT2D eigenvalue weighted by Crippen LogP contribution is -2.16. The summed E-state index contributed by atoms with van der Waals surface area (Å²) in [6.07, 6.45) is -1.17. The maximum atomic E-state index is 10.7. The molecule has 0 bridgehead atoms. The van der Waals surface area contributed by atoms with Gasteiger partial charge in [0, 0.05) is 6.92 Å². The Kier molecular flexibility index (Phi) is 3.02. The molecular formula is C8H8O4S. The lowest BCUT2D eigenvalue weighted by atomic mass is 10.3. The Bertz CT molecular complexity index is 304. The number of esters is 1. The predicted molar refractivity (Wildman–Crippen MR) is 46.5 cm³/mol. The second-order valence-corrected chi connectivity index (χ2v) is 3.32. The van der Waals surface area contributed by atoms with Gasteiger partial charge < -0.3 is 9.84 Å². The molecule has 1 heterocycles. The van der Waals surface area contributed by atoms with Crippen LogP contribution >= 0.6 is 11.3 Å². The zero-order valence-electron chi connectivity index (χ0n) is 6.89. The van der Waals surface area contributed by atoms with Crippen LogP contribution in [0.2, 0.25) is 0 Å². The van der Waals surface area contributed by atoms with E-state index in [9.17, 15) is 9.59 Å². The van der Waals surface area contributed by atoms with Crippen LogP contribution in [0.4, 0.5) is 0 Å². The summed E-state index contributed by atoms with van der Waals surface area (Å²) in [5.74, 6) is -1.75.